The van der Waals surface area contributed by atoms with Crippen molar-refractivity contribution in [2.45, 2.75) is 10.8 Å². The van der Waals surface area contributed by atoms with E-state index in [-0.39, 0.29) is 5.75 Å². The molecule has 2 aromatic carbocycles. The molecule has 0 saturated carbocycles. The van der Waals surface area contributed by atoms with Crippen LogP contribution in [0.2, 0.25) is 0 Å². The molecule has 1 unspecified atom stereocenters. The number of aromatic nitrogens is 4. The number of benzene rings is 2. The zero-order chi connectivity index (χ0) is 20.9. The second-order valence-electron chi connectivity index (χ2n) is 7.34. The fraction of sp³-hybridized carbons (Fsp3) is 0.0833. The van der Waals surface area contributed by atoms with Crippen molar-refractivity contribution < 1.29 is 8.95 Å². The molecular formula is C24H18N4O2S. The average Bonchev–Trinajstić information content (AvgIpc) is 3.48. The summed E-state index contributed by atoms with van der Waals surface area (Å²) in [7, 11) is 0.244. The smallest absolute Gasteiger partial charge is 0.152 e. The molecule has 0 radical (unpaired) electrons. The van der Waals surface area contributed by atoms with E-state index in [1.54, 1.807) is 7.11 Å². The molecule has 7 heteroatoms. The maximum Gasteiger partial charge on any atom is 0.152 e. The Morgan fingerprint density at radius 3 is 2.35 bits per heavy atom. The van der Waals surface area contributed by atoms with Crippen LogP contribution >= 0.6 is 0 Å². The van der Waals surface area contributed by atoms with Gasteiger partial charge in [-0.2, -0.15) is 0 Å². The molecule has 31 heavy (non-hydrogen) atoms. The van der Waals surface area contributed by atoms with E-state index in [0.29, 0.717) is 10.8 Å². The fourth-order valence-electron chi connectivity index (χ4n) is 4.11. The van der Waals surface area contributed by atoms with Crippen molar-refractivity contribution >= 4 is 43.9 Å². The highest BCUT2D eigenvalue weighted by atomic mass is 32.2. The Labute approximate surface area is 180 Å². The van der Waals surface area contributed by atoms with Crippen molar-refractivity contribution in [2.24, 2.45) is 0 Å². The predicted octanol–water partition coefficient (Wildman–Crippen LogP) is 4.60. The third kappa shape index (κ3) is 2.81. The van der Waals surface area contributed by atoms with E-state index in [1.807, 2.05) is 83.5 Å². The molecule has 6 nitrogen and oxygen atoms in total. The van der Waals surface area contributed by atoms with E-state index >= 15 is 0 Å². The maximum atomic E-state index is 13.6. The van der Waals surface area contributed by atoms with Crippen LogP contribution in [0.1, 0.15) is 5.69 Å². The quantitative estimate of drug-likeness (QED) is 0.413. The second kappa shape index (κ2) is 6.92. The van der Waals surface area contributed by atoms with Gasteiger partial charge < -0.3 is 13.5 Å². The minimum atomic E-state index is -1.38. The van der Waals surface area contributed by atoms with Gasteiger partial charge in [-0.05, 0) is 48.5 Å². The standard InChI is InChI=1S/C24H18N4O2S/c1-30-16-10-11-22-18(14-16)26-24(23-9-5-13-28(22)23)31(29)15-19-21-8-4-12-27(21)20-7-3-2-6-17(20)25-19/h2-14H,15H2,1H3. The Balaban J connectivity index is 1.51. The normalized spacial score (nSPS) is 12.8. The summed E-state index contributed by atoms with van der Waals surface area (Å²) in [6.07, 6.45) is 3.98. The van der Waals surface area contributed by atoms with Crippen molar-refractivity contribution in [1.29, 1.82) is 0 Å². The molecule has 0 amide bonds. The lowest BCUT2D eigenvalue weighted by Crippen LogP contribution is -2.06. The first-order chi connectivity index (χ1) is 15.2. The molecule has 4 aromatic heterocycles. The number of rotatable bonds is 4. The molecule has 0 saturated heterocycles. The minimum absolute atomic E-state index is 0.279. The molecule has 4 heterocycles. The molecule has 1 atom stereocenters. The lowest BCUT2D eigenvalue weighted by molar-refractivity contribution is 0.415. The summed E-state index contributed by atoms with van der Waals surface area (Å²) in [5.41, 5.74) is 6.18. The van der Waals surface area contributed by atoms with Crippen LogP contribution < -0.4 is 4.74 Å². The lowest BCUT2D eigenvalue weighted by Gasteiger charge is -2.11. The summed E-state index contributed by atoms with van der Waals surface area (Å²) in [6, 6.07) is 21.6. The van der Waals surface area contributed by atoms with Gasteiger partial charge in [0.2, 0.25) is 0 Å². The van der Waals surface area contributed by atoms with Crippen LogP contribution in [0, 0.1) is 0 Å². The Morgan fingerprint density at radius 1 is 0.806 bits per heavy atom. The number of para-hydroxylation sites is 2. The highest BCUT2D eigenvalue weighted by Crippen LogP contribution is 2.27. The van der Waals surface area contributed by atoms with Gasteiger partial charge in [0.25, 0.3) is 0 Å². The summed E-state index contributed by atoms with van der Waals surface area (Å²) in [6.45, 7) is 0. The predicted molar refractivity (Wildman–Crippen MR) is 122 cm³/mol. The first-order valence-corrected chi connectivity index (χ1v) is 11.2. The second-order valence-corrected chi connectivity index (χ2v) is 8.70. The SMILES string of the molecule is COc1ccc2c(c1)nc(S(=O)Cc1nc3ccccc3n3cccc13)c1cccn12. The molecule has 0 N–H and O–H groups in total. The van der Waals surface area contributed by atoms with Crippen LogP contribution in [-0.4, -0.2) is 30.1 Å². The van der Waals surface area contributed by atoms with Gasteiger partial charge in [-0.1, -0.05) is 12.1 Å². The van der Waals surface area contributed by atoms with E-state index in [9.17, 15) is 4.21 Å². The van der Waals surface area contributed by atoms with Crippen LogP contribution in [0.15, 0.2) is 84.1 Å². The Hall–Kier alpha value is -3.71. The topological polar surface area (TPSA) is 60.9 Å². The van der Waals surface area contributed by atoms with Crippen molar-refractivity contribution in [2.75, 3.05) is 7.11 Å². The van der Waals surface area contributed by atoms with Crippen LogP contribution in [0.5, 0.6) is 5.75 Å². The van der Waals surface area contributed by atoms with Gasteiger partial charge in [0, 0.05) is 18.5 Å². The monoisotopic (exact) mass is 426 g/mol. The van der Waals surface area contributed by atoms with Gasteiger partial charge >= 0.3 is 0 Å². The van der Waals surface area contributed by atoms with Crippen molar-refractivity contribution in [3.8, 4) is 5.75 Å². The van der Waals surface area contributed by atoms with Gasteiger partial charge in [0.15, 0.2) is 5.03 Å². The average molecular weight is 427 g/mol. The van der Waals surface area contributed by atoms with E-state index in [2.05, 4.69) is 4.40 Å². The number of methoxy groups -OCH3 is 1. The van der Waals surface area contributed by atoms with Crippen LogP contribution in [0.25, 0.3) is 33.1 Å². The number of hydrogen-bond acceptors (Lipinski definition) is 4. The van der Waals surface area contributed by atoms with E-state index in [4.69, 9.17) is 14.7 Å². The summed E-state index contributed by atoms with van der Waals surface area (Å²) in [4.78, 5) is 9.60. The Kier molecular flexibility index (Phi) is 4.04. The third-order valence-electron chi connectivity index (χ3n) is 5.56. The van der Waals surface area contributed by atoms with Gasteiger partial charge in [-0.3, -0.25) is 4.21 Å². The van der Waals surface area contributed by atoms with Crippen LogP contribution in [0.3, 0.4) is 0 Å². The van der Waals surface area contributed by atoms with Gasteiger partial charge in [0.05, 0.1) is 62.5 Å². The highest BCUT2D eigenvalue weighted by Gasteiger charge is 2.18. The van der Waals surface area contributed by atoms with Crippen molar-refractivity contribution in [3.05, 3.63) is 84.8 Å². The largest absolute Gasteiger partial charge is 0.497 e. The number of fused-ring (bicyclic) bond motifs is 6. The summed E-state index contributed by atoms with van der Waals surface area (Å²) in [5, 5.41) is 0.547. The molecule has 0 aliphatic heterocycles. The van der Waals surface area contributed by atoms with E-state index < -0.39 is 10.8 Å². The number of nitrogens with zero attached hydrogens (tertiary/aromatic N) is 4. The Bertz CT molecular complexity index is 1630. The zero-order valence-corrected chi connectivity index (χ0v) is 17.5. The molecule has 0 aliphatic carbocycles. The van der Waals surface area contributed by atoms with Gasteiger partial charge in [-0.15, -0.1) is 0 Å². The van der Waals surface area contributed by atoms with E-state index in [1.165, 1.54) is 0 Å². The Morgan fingerprint density at radius 2 is 1.52 bits per heavy atom. The summed E-state index contributed by atoms with van der Waals surface area (Å²) < 4.78 is 23.1. The van der Waals surface area contributed by atoms with Crippen molar-refractivity contribution in [1.82, 2.24) is 18.8 Å². The van der Waals surface area contributed by atoms with Crippen LogP contribution in [-0.2, 0) is 16.6 Å². The summed E-state index contributed by atoms with van der Waals surface area (Å²) >= 11 is 0. The molecular weight excluding hydrogens is 408 g/mol. The first-order valence-electron chi connectivity index (χ1n) is 9.91. The lowest BCUT2D eigenvalue weighted by atomic mass is 10.2. The zero-order valence-electron chi connectivity index (χ0n) is 16.7. The molecule has 152 valence electrons. The van der Waals surface area contributed by atoms with Crippen molar-refractivity contribution in [3.63, 3.8) is 0 Å². The molecule has 0 bridgehead atoms. The molecule has 0 aliphatic rings. The fourth-order valence-corrected chi connectivity index (χ4v) is 5.31. The highest BCUT2D eigenvalue weighted by molar-refractivity contribution is 7.84. The molecule has 6 rings (SSSR count). The summed E-state index contributed by atoms with van der Waals surface area (Å²) in [5.74, 6) is 0.996. The molecule has 0 fully saturated rings. The van der Waals surface area contributed by atoms with Gasteiger partial charge in [0.1, 0.15) is 5.75 Å². The number of ether oxygens (including phenoxy) is 1. The maximum absolute atomic E-state index is 13.6. The minimum Gasteiger partial charge on any atom is -0.497 e. The molecule has 0 spiro atoms. The molecule has 6 aromatic rings. The van der Waals surface area contributed by atoms with E-state index in [0.717, 1.165) is 38.8 Å². The first kappa shape index (κ1) is 18.1. The van der Waals surface area contributed by atoms with Crippen LogP contribution in [0.4, 0.5) is 0 Å². The number of hydrogen-bond donors (Lipinski definition) is 0. The van der Waals surface area contributed by atoms with Gasteiger partial charge in [-0.25, -0.2) is 9.97 Å². The third-order valence-corrected chi connectivity index (χ3v) is 6.82.